The number of aromatic nitrogens is 2. The van der Waals surface area contributed by atoms with E-state index in [1.54, 1.807) is 6.26 Å². The highest BCUT2D eigenvalue weighted by atomic mass is 16.3. The molecular formula is C26H22N2O. The second-order valence-electron chi connectivity index (χ2n) is 7.22. The van der Waals surface area contributed by atoms with Crippen molar-refractivity contribution in [3.05, 3.63) is 106 Å². The molecule has 0 fully saturated rings. The van der Waals surface area contributed by atoms with Crippen LogP contribution in [0.15, 0.2) is 71.5 Å². The second kappa shape index (κ2) is 8.16. The minimum atomic E-state index is 0.689. The molecule has 0 amide bonds. The summed E-state index contributed by atoms with van der Waals surface area (Å²) in [5, 5.41) is 0. The van der Waals surface area contributed by atoms with E-state index in [4.69, 9.17) is 15.8 Å². The topological polar surface area (TPSA) is 38.9 Å². The van der Waals surface area contributed by atoms with Crippen molar-refractivity contribution in [2.45, 2.75) is 26.7 Å². The zero-order valence-electron chi connectivity index (χ0n) is 16.6. The lowest BCUT2D eigenvalue weighted by Crippen LogP contribution is -2.03. The highest BCUT2D eigenvalue weighted by Crippen LogP contribution is 2.27. The molecule has 0 atom stereocenters. The standard InChI is InChI=1S/C26H22N2O/c1-4-20-7-9-21(10-8-20)16-26-27-12-11-23(28-26)17-24-18(2)14-22(15-19(24)3)25-6-5-13-29-25/h1,5-15H,16-17H2,2-3H3. The molecule has 2 aromatic carbocycles. The number of terminal acetylenes is 1. The Labute approximate surface area is 171 Å². The zero-order chi connectivity index (χ0) is 20.2. The minimum Gasteiger partial charge on any atom is -0.464 e. The molecule has 2 heterocycles. The fourth-order valence-electron chi connectivity index (χ4n) is 3.56. The minimum absolute atomic E-state index is 0.689. The number of benzene rings is 2. The van der Waals surface area contributed by atoms with Crippen LogP contribution in [0.1, 0.15) is 39.3 Å². The third-order valence-electron chi connectivity index (χ3n) is 5.11. The molecule has 0 radical (unpaired) electrons. The SMILES string of the molecule is C#Cc1ccc(Cc2nccc(Cc3c(C)cc(-c4ccco4)cc3C)n2)cc1. The lowest BCUT2D eigenvalue weighted by molar-refractivity contribution is 0.582. The Balaban J connectivity index is 1.55. The molecular weight excluding hydrogens is 356 g/mol. The van der Waals surface area contributed by atoms with Crippen molar-refractivity contribution < 1.29 is 4.42 Å². The molecule has 2 aromatic heterocycles. The van der Waals surface area contributed by atoms with E-state index in [0.29, 0.717) is 6.42 Å². The Morgan fingerprint density at radius 2 is 1.72 bits per heavy atom. The molecule has 4 rings (SSSR count). The van der Waals surface area contributed by atoms with E-state index in [1.807, 2.05) is 48.7 Å². The van der Waals surface area contributed by atoms with Crippen molar-refractivity contribution in [2.24, 2.45) is 0 Å². The summed E-state index contributed by atoms with van der Waals surface area (Å²) < 4.78 is 5.54. The Bertz CT molecular complexity index is 1140. The van der Waals surface area contributed by atoms with Gasteiger partial charge in [-0.1, -0.05) is 18.1 Å². The van der Waals surface area contributed by atoms with Crippen LogP contribution in [-0.4, -0.2) is 9.97 Å². The maximum absolute atomic E-state index is 5.54. The number of aryl methyl sites for hydroxylation is 2. The molecule has 4 aromatic rings. The van der Waals surface area contributed by atoms with Crippen LogP contribution in [0.25, 0.3) is 11.3 Å². The van der Waals surface area contributed by atoms with Crippen molar-refractivity contribution in [1.82, 2.24) is 9.97 Å². The van der Waals surface area contributed by atoms with Gasteiger partial charge in [-0.2, -0.15) is 0 Å². The third kappa shape index (κ3) is 4.28. The second-order valence-corrected chi connectivity index (χ2v) is 7.22. The maximum Gasteiger partial charge on any atom is 0.133 e. The first kappa shape index (κ1) is 18.7. The molecule has 3 heteroatoms. The van der Waals surface area contributed by atoms with E-state index < -0.39 is 0 Å². The van der Waals surface area contributed by atoms with Gasteiger partial charge in [-0.15, -0.1) is 6.42 Å². The molecule has 0 aliphatic carbocycles. The van der Waals surface area contributed by atoms with Gasteiger partial charge in [0, 0.05) is 35.9 Å². The summed E-state index contributed by atoms with van der Waals surface area (Å²) >= 11 is 0. The summed E-state index contributed by atoms with van der Waals surface area (Å²) in [6.07, 6.45) is 10.4. The van der Waals surface area contributed by atoms with Gasteiger partial charge in [0.15, 0.2) is 0 Å². The van der Waals surface area contributed by atoms with Crippen LogP contribution in [0.5, 0.6) is 0 Å². The number of hydrogen-bond donors (Lipinski definition) is 0. The van der Waals surface area contributed by atoms with E-state index >= 15 is 0 Å². The lowest BCUT2D eigenvalue weighted by atomic mass is 9.95. The van der Waals surface area contributed by atoms with Crippen molar-refractivity contribution in [3.8, 4) is 23.7 Å². The van der Waals surface area contributed by atoms with E-state index in [1.165, 1.54) is 16.7 Å². The molecule has 0 bridgehead atoms. The Kier molecular flexibility index (Phi) is 5.27. The summed E-state index contributed by atoms with van der Waals surface area (Å²) in [6, 6.07) is 18.2. The normalized spacial score (nSPS) is 10.7. The van der Waals surface area contributed by atoms with Gasteiger partial charge in [0.05, 0.1) is 6.26 Å². The predicted molar refractivity (Wildman–Crippen MR) is 116 cm³/mol. The summed E-state index contributed by atoms with van der Waals surface area (Å²) in [4.78, 5) is 9.24. The lowest BCUT2D eigenvalue weighted by Gasteiger charge is -2.12. The van der Waals surface area contributed by atoms with Gasteiger partial charge in [0.25, 0.3) is 0 Å². The summed E-state index contributed by atoms with van der Waals surface area (Å²) in [5.74, 6) is 4.35. The Morgan fingerprint density at radius 3 is 2.38 bits per heavy atom. The number of rotatable bonds is 5. The molecule has 0 unspecified atom stereocenters. The fourth-order valence-corrected chi connectivity index (χ4v) is 3.56. The van der Waals surface area contributed by atoms with Gasteiger partial charge in [-0.05, 0) is 78.6 Å². The summed E-state index contributed by atoms with van der Waals surface area (Å²) in [7, 11) is 0. The third-order valence-corrected chi connectivity index (χ3v) is 5.11. The van der Waals surface area contributed by atoms with Crippen LogP contribution in [0.4, 0.5) is 0 Å². The molecule has 0 aliphatic rings. The van der Waals surface area contributed by atoms with Crippen LogP contribution in [-0.2, 0) is 12.8 Å². The van der Waals surface area contributed by atoms with Crippen molar-refractivity contribution in [1.29, 1.82) is 0 Å². The highest BCUT2D eigenvalue weighted by Gasteiger charge is 2.10. The number of nitrogens with zero attached hydrogens (tertiary/aromatic N) is 2. The maximum atomic E-state index is 5.54. The number of hydrogen-bond acceptors (Lipinski definition) is 3. The monoisotopic (exact) mass is 378 g/mol. The van der Waals surface area contributed by atoms with Crippen molar-refractivity contribution in [3.63, 3.8) is 0 Å². The average molecular weight is 378 g/mol. The fraction of sp³-hybridized carbons (Fsp3) is 0.154. The predicted octanol–water partition coefficient (Wildman–Crippen LogP) is 5.52. The Morgan fingerprint density at radius 1 is 0.966 bits per heavy atom. The van der Waals surface area contributed by atoms with Crippen LogP contribution < -0.4 is 0 Å². The molecule has 0 spiro atoms. The summed E-state index contributed by atoms with van der Waals surface area (Å²) in [5.41, 5.74) is 7.93. The van der Waals surface area contributed by atoms with E-state index in [2.05, 4.69) is 36.9 Å². The van der Waals surface area contributed by atoms with Gasteiger partial charge in [-0.25, -0.2) is 9.97 Å². The molecule has 0 N–H and O–H groups in total. The molecule has 29 heavy (non-hydrogen) atoms. The molecule has 0 aliphatic heterocycles. The van der Waals surface area contributed by atoms with Gasteiger partial charge in [0.2, 0.25) is 0 Å². The first-order valence-corrected chi connectivity index (χ1v) is 9.63. The average Bonchev–Trinajstić information content (AvgIpc) is 3.26. The van der Waals surface area contributed by atoms with Crippen LogP contribution in [0.2, 0.25) is 0 Å². The molecule has 142 valence electrons. The smallest absolute Gasteiger partial charge is 0.133 e. The molecule has 0 saturated heterocycles. The van der Waals surface area contributed by atoms with Crippen molar-refractivity contribution in [2.75, 3.05) is 0 Å². The quantitative estimate of drug-likeness (QED) is 0.430. The van der Waals surface area contributed by atoms with Crippen LogP contribution in [0.3, 0.4) is 0 Å². The first-order valence-electron chi connectivity index (χ1n) is 9.63. The molecule has 3 nitrogen and oxygen atoms in total. The Hall–Kier alpha value is -3.64. The van der Waals surface area contributed by atoms with Crippen molar-refractivity contribution >= 4 is 0 Å². The molecule has 0 saturated carbocycles. The van der Waals surface area contributed by atoms with Gasteiger partial charge in [-0.3, -0.25) is 0 Å². The van der Waals surface area contributed by atoms with E-state index in [0.717, 1.165) is 40.4 Å². The first-order chi connectivity index (χ1) is 14.1. The van der Waals surface area contributed by atoms with Gasteiger partial charge in [0.1, 0.15) is 11.6 Å². The van der Waals surface area contributed by atoms with Crippen LogP contribution >= 0.6 is 0 Å². The van der Waals surface area contributed by atoms with Gasteiger partial charge < -0.3 is 4.42 Å². The summed E-state index contributed by atoms with van der Waals surface area (Å²) in [6.45, 7) is 4.29. The zero-order valence-corrected chi connectivity index (χ0v) is 16.6. The largest absolute Gasteiger partial charge is 0.464 e. The number of furan rings is 1. The van der Waals surface area contributed by atoms with Crippen LogP contribution in [0, 0.1) is 26.2 Å². The van der Waals surface area contributed by atoms with Gasteiger partial charge >= 0.3 is 0 Å². The van der Waals surface area contributed by atoms with E-state index in [9.17, 15) is 0 Å². The van der Waals surface area contributed by atoms with E-state index in [-0.39, 0.29) is 0 Å². The highest BCUT2D eigenvalue weighted by molar-refractivity contribution is 5.61.